The summed E-state index contributed by atoms with van der Waals surface area (Å²) in [6, 6.07) is 9.81. The van der Waals surface area contributed by atoms with Gasteiger partial charge >= 0.3 is 0 Å². The summed E-state index contributed by atoms with van der Waals surface area (Å²) in [5.74, 6) is 0. The van der Waals surface area contributed by atoms with E-state index >= 15 is 0 Å². The summed E-state index contributed by atoms with van der Waals surface area (Å²) in [4.78, 5) is 12.1. The minimum Gasteiger partial charge on any atom is -0.298 e. The molecule has 2 nitrogen and oxygen atoms in total. The van der Waals surface area contributed by atoms with Crippen LogP contribution < -0.4 is 5.56 Å². The van der Waals surface area contributed by atoms with Crippen LogP contribution in [0.5, 0.6) is 0 Å². The summed E-state index contributed by atoms with van der Waals surface area (Å²) < 4.78 is 1.81. The summed E-state index contributed by atoms with van der Waals surface area (Å²) >= 11 is 1.60. The van der Waals surface area contributed by atoms with E-state index in [0.717, 1.165) is 15.8 Å². The average molecular weight is 215 g/mol. The van der Waals surface area contributed by atoms with E-state index < -0.39 is 0 Å². The summed E-state index contributed by atoms with van der Waals surface area (Å²) in [5, 5.41) is 4.89. The Hall–Kier alpha value is -1.48. The van der Waals surface area contributed by atoms with E-state index in [0.29, 0.717) is 6.54 Å². The van der Waals surface area contributed by atoms with Gasteiger partial charge in [-0.3, -0.25) is 9.36 Å². The normalized spacial score (nSPS) is 14.1. The van der Waals surface area contributed by atoms with E-state index in [-0.39, 0.29) is 5.56 Å². The van der Waals surface area contributed by atoms with Crippen molar-refractivity contribution in [2.45, 2.75) is 11.6 Å². The highest BCUT2D eigenvalue weighted by Crippen LogP contribution is 2.24. The van der Waals surface area contributed by atoms with Gasteiger partial charge in [0.25, 0.3) is 5.56 Å². The number of allylic oxidation sites excluding steroid dienone is 1. The van der Waals surface area contributed by atoms with Crippen LogP contribution in [0.2, 0.25) is 0 Å². The molecule has 3 rings (SSSR count). The Morgan fingerprint density at radius 2 is 2.13 bits per heavy atom. The van der Waals surface area contributed by atoms with Gasteiger partial charge in [0.05, 0.1) is 5.03 Å². The topological polar surface area (TPSA) is 22.0 Å². The molecule has 1 aromatic carbocycles. The monoisotopic (exact) mass is 215 g/mol. The van der Waals surface area contributed by atoms with E-state index in [2.05, 4.69) is 6.07 Å². The van der Waals surface area contributed by atoms with Gasteiger partial charge in [0.2, 0.25) is 0 Å². The highest BCUT2D eigenvalue weighted by molar-refractivity contribution is 8.02. The molecule has 0 spiro atoms. The standard InChI is InChI=1S/C12H9NOS/c14-12-10-5-2-1-4-9(10)8-11-13(12)6-3-7-15-11/h1-5,7-8H,6H2. The van der Waals surface area contributed by atoms with E-state index in [1.807, 2.05) is 40.3 Å². The first-order valence-electron chi connectivity index (χ1n) is 4.80. The Balaban J connectivity index is 2.44. The number of fused-ring (bicyclic) bond motifs is 2. The Morgan fingerprint density at radius 3 is 3.07 bits per heavy atom. The second-order valence-electron chi connectivity index (χ2n) is 3.48. The fourth-order valence-electron chi connectivity index (χ4n) is 1.81. The molecular weight excluding hydrogens is 206 g/mol. The summed E-state index contributed by atoms with van der Waals surface area (Å²) in [6.07, 6.45) is 2.01. The lowest BCUT2D eigenvalue weighted by Gasteiger charge is -2.13. The fourth-order valence-corrected chi connectivity index (χ4v) is 2.61. The molecule has 3 heteroatoms. The van der Waals surface area contributed by atoms with Crippen molar-refractivity contribution >= 4 is 22.5 Å². The number of nitrogens with zero attached hydrogens (tertiary/aromatic N) is 1. The molecule has 74 valence electrons. The van der Waals surface area contributed by atoms with Crippen LogP contribution in [0.25, 0.3) is 10.8 Å². The Labute approximate surface area is 91.2 Å². The van der Waals surface area contributed by atoms with Crippen LogP contribution in [0.1, 0.15) is 0 Å². The second-order valence-corrected chi connectivity index (χ2v) is 4.40. The van der Waals surface area contributed by atoms with Crippen LogP contribution in [0.3, 0.4) is 0 Å². The molecule has 0 N–H and O–H groups in total. The number of aromatic nitrogens is 1. The average Bonchev–Trinajstić information content (AvgIpc) is 2.30. The molecule has 0 atom stereocenters. The molecule has 1 aliphatic heterocycles. The lowest BCUT2D eigenvalue weighted by atomic mass is 10.2. The molecule has 15 heavy (non-hydrogen) atoms. The molecule has 2 aromatic rings. The lowest BCUT2D eigenvalue weighted by molar-refractivity contribution is 0.706. The number of hydrogen-bond donors (Lipinski definition) is 0. The van der Waals surface area contributed by atoms with Crippen molar-refractivity contribution in [1.82, 2.24) is 4.57 Å². The molecule has 0 radical (unpaired) electrons. The number of hydrogen-bond acceptors (Lipinski definition) is 2. The molecule has 1 aromatic heterocycles. The van der Waals surface area contributed by atoms with Crippen LogP contribution in [-0.4, -0.2) is 4.57 Å². The molecule has 2 heterocycles. The first-order valence-corrected chi connectivity index (χ1v) is 5.68. The van der Waals surface area contributed by atoms with Crippen LogP contribution in [0, 0.1) is 0 Å². The third kappa shape index (κ3) is 1.31. The molecule has 0 saturated carbocycles. The Morgan fingerprint density at radius 1 is 1.27 bits per heavy atom. The lowest BCUT2D eigenvalue weighted by Crippen LogP contribution is -2.22. The van der Waals surface area contributed by atoms with Crippen molar-refractivity contribution < 1.29 is 0 Å². The largest absolute Gasteiger partial charge is 0.298 e. The zero-order valence-corrected chi connectivity index (χ0v) is 8.83. The van der Waals surface area contributed by atoms with Crippen LogP contribution in [0.15, 0.2) is 51.6 Å². The fraction of sp³-hybridized carbons (Fsp3) is 0.0833. The van der Waals surface area contributed by atoms with Crippen molar-refractivity contribution in [3.05, 3.63) is 52.2 Å². The van der Waals surface area contributed by atoms with Crippen molar-refractivity contribution in [3.63, 3.8) is 0 Å². The van der Waals surface area contributed by atoms with Crippen LogP contribution in [0.4, 0.5) is 0 Å². The minimum absolute atomic E-state index is 0.111. The molecule has 0 amide bonds. The SMILES string of the molecule is O=c1c2ccccc2cc2n1CC=CS2. The summed E-state index contributed by atoms with van der Waals surface area (Å²) in [5.41, 5.74) is 0.111. The number of pyridine rings is 1. The first-order chi connectivity index (χ1) is 7.36. The molecular formula is C12H9NOS. The van der Waals surface area contributed by atoms with E-state index in [4.69, 9.17) is 0 Å². The van der Waals surface area contributed by atoms with Crippen molar-refractivity contribution in [1.29, 1.82) is 0 Å². The summed E-state index contributed by atoms with van der Waals surface area (Å²) in [6.45, 7) is 0.687. The maximum Gasteiger partial charge on any atom is 0.259 e. The quantitative estimate of drug-likeness (QED) is 0.674. The smallest absolute Gasteiger partial charge is 0.259 e. The predicted molar refractivity (Wildman–Crippen MR) is 63.2 cm³/mol. The maximum absolute atomic E-state index is 12.1. The van der Waals surface area contributed by atoms with Gasteiger partial charge in [-0.1, -0.05) is 36.0 Å². The summed E-state index contributed by atoms with van der Waals surface area (Å²) in [7, 11) is 0. The highest BCUT2D eigenvalue weighted by atomic mass is 32.2. The third-order valence-electron chi connectivity index (χ3n) is 2.55. The van der Waals surface area contributed by atoms with Gasteiger partial charge in [-0.2, -0.15) is 0 Å². The third-order valence-corrected chi connectivity index (χ3v) is 3.46. The van der Waals surface area contributed by atoms with Gasteiger partial charge in [0.1, 0.15) is 0 Å². The van der Waals surface area contributed by atoms with E-state index in [9.17, 15) is 4.79 Å². The zero-order chi connectivity index (χ0) is 10.3. The minimum atomic E-state index is 0.111. The molecule has 0 bridgehead atoms. The zero-order valence-electron chi connectivity index (χ0n) is 8.01. The number of rotatable bonds is 0. The Bertz CT molecular complexity index is 613. The van der Waals surface area contributed by atoms with Gasteiger partial charge in [-0.25, -0.2) is 0 Å². The van der Waals surface area contributed by atoms with Gasteiger partial charge in [-0.15, -0.1) is 0 Å². The van der Waals surface area contributed by atoms with E-state index in [1.54, 1.807) is 11.8 Å². The van der Waals surface area contributed by atoms with Gasteiger partial charge in [-0.05, 0) is 22.9 Å². The van der Waals surface area contributed by atoms with E-state index in [1.165, 1.54) is 0 Å². The van der Waals surface area contributed by atoms with Crippen molar-refractivity contribution in [3.8, 4) is 0 Å². The predicted octanol–water partition coefficient (Wildman–Crippen LogP) is 2.62. The van der Waals surface area contributed by atoms with Crippen molar-refractivity contribution in [2.24, 2.45) is 0 Å². The molecule has 1 aliphatic rings. The highest BCUT2D eigenvalue weighted by Gasteiger charge is 2.09. The molecule has 0 unspecified atom stereocenters. The maximum atomic E-state index is 12.1. The van der Waals surface area contributed by atoms with Gasteiger partial charge in [0.15, 0.2) is 0 Å². The van der Waals surface area contributed by atoms with Gasteiger partial charge < -0.3 is 0 Å². The van der Waals surface area contributed by atoms with Crippen LogP contribution >= 0.6 is 11.8 Å². The van der Waals surface area contributed by atoms with Crippen LogP contribution in [-0.2, 0) is 6.54 Å². The second kappa shape index (κ2) is 3.28. The van der Waals surface area contributed by atoms with Crippen molar-refractivity contribution in [2.75, 3.05) is 0 Å². The molecule has 0 fully saturated rings. The first kappa shape index (κ1) is 8.80. The van der Waals surface area contributed by atoms with Gasteiger partial charge in [0, 0.05) is 11.9 Å². The number of thioether (sulfide) groups is 1. The molecule has 0 aliphatic carbocycles. The Kier molecular flexibility index (Phi) is 1.92. The molecule has 0 saturated heterocycles. The number of benzene rings is 1.